The van der Waals surface area contributed by atoms with Crippen LogP contribution in [0.3, 0.4) is 0 Å². The number of hydrogen-bond donors (Lipinski definition) is 2. The molecule has 0 aliphatic heterocycles. The molecule has 1 rings (SSSR count). The van der Waals surface area contributed by atoms with E-state index in [-0.39, 0.29) is 6.61 Å². The molecule has 9 heavy (non-hydrogen) atoms. The molecular formula is C5H8N2OS. The highest BCUT2D eigenvalue weighted by molar-refractivity contribution is 7.15. The lowest BCUT2D eigenvalue weighted by atomic mass is 10.4. The molecule has 1 heterocycles. The molecule has 4 heteroatoms. The number of anilines is 1. The molecule has 1 aromatic heterocycles. The standard InChI is InChI=1S/C5H8N2OS/c1-3-4(2-8)9-5(6)7-3/h8H,2H2,1H3,(H2,6,7). The van der Waals surface area contributed by atoms with Crippen molar-refractivity contribution in [3.8, 4) is 0 Å². The summed E-state index contributed by atoms with van der Waals surface area (Å²) in [5.41, 5.74) is 6.18. The zero-order valence-electron chi connectivity index (χ0n) is 5.09. The highest BCUT2D eigenvalue weighted by Gasteiger charge is 2.01. The van der Waals surface area contributed by atoms with Crippen molar-refractivity contribution in [2.45, 2.75) is 13.5 Å². The molecule has 0 spiro atoms. The molecular weight excluding hydrogens is 136 g/mol. The number of rotatable bonds is 1. The van der Waals surface area contributed by atoms with Crippen LogP contribution in [-0.2, 0) is 6.61 Å². The van der Waals surface area contributed by atoms with Crippen LogP contribution in [0.5, 0.6) is 0 Å². The quantitative estimate of drug-likeness (QED) is 0.604. The van der Waals surface area contributed by atoms with Crippen LogP contribution in [0.15, 0.2) is 0 Å². The molecule has 0 atom stereocenters. The van der Waals surface area contributed by atoms with E-state index in [1.807, 2.05) is 6.92 Å². The van der Waals surface area contributed by atoms with Gasteiger partial charge in [-0.3, -0.25) is 0 Å². The summed E-state index contributed by atoms with van der Waals surface area (Å²) in [5, 5.41) is 9.17. The van der Waals surface area contributed by atoms with Crippen LogP contribution in [0.4, 0.5) is 5.13 Å². The highest BCUT2D eigenvalue weighted by Crippen LogP contribution is 2.18. The van der Waals surface area contributed by atoms with Gasteiger partial charge in [-0.1, -0.05) is 11.3 Å². The van der Waals surface area contributed by atoms with Gasteiger partial charge in [0.25, 0.3) is 0 Å². The highest BCUT2D eigenvalue weighted by atomic mass is 32.1. The average molecular weight is 144 g/mol. The Morgan fingerprint density at radius 2 is 2.44 bits per heavy atom. The smallest absolute Gasteiger partial charge is 0.180 e. The number of hydrogen-bond acceptors (Lipinski definition) is 4. The fourth-order valence-electron chi connectivity index (χ4n) is 0.597. The van der Waals surface area contributed by atoms with Gasteiger partial charge in [0, 0.05) is 0 Å². The summed E-state index contributed by atoms with van der Waals surface area (Å²) in [7, 11) is 0. The van der Waals surface area contributed by atoms with E-state index in [4.69, 9.17) is 10.8 Å². The molecule has 0 amide bonds. The molecule has 50 valence electrons. The molecule has 0 bridgehead atoms. The van der Waals surface area contributed by atoms with E-state index in [1.165, 1.54) is 11.3 Å². The van der Waals surface area contributed by atoms with Gasteiger partial charge in [0.05, 0.1) is 17.2 Å². The molecule has 0 fully saturated rings. The Labute approximate surface area is 57.2 Å². The zero-order chi connectivity index (χ0) is 6.85. The van der Waals surface area contributed by atoms with Crippen molar-refractivity contribution in [1.82, 2.24) is 4.98 Å². The lowest BCUT2D eigenvalue weighted by molar-refractivity contribution is 0.284. The number of aromatic nitrogens is 1. The summed E-state index contributed by atoms with van der Waals surface area (Å²) in [6.45, 7) is 1.87. The Morgan fingerprint density at radius 3 is 2.67 bits per heavy atom. The molecule has 0 saturated carbocycles. The summed E-state index contributed by atoms with van der Waals surface area (Å²) >= 11 is 1.33. The van der Waals surface area contributed by atoms with Gasteiger partial charge in [-0.25, -0.2) is 4.98 Å². The molecule has 0 aliphatic carbocycles. The van der Waals surface area contributed by atoms with E-state index in [0.29, 0.717) is 5.13 Å². The van der Waals surface area contributed by atoms with Crippen LogP contribution < -0.4 is 5.73 Å². The molecule has 0 aliphatic rings. The van der Waals surface area contributed by atoms with Gasteiger partial charge in [0.2, 0.25) is 0 Å². The number of aryl methyl sites for hydroxylation is 1. The van der Waals surface area contributed by atoms with E-state index >= 15 is 0 Å². The molecule has 3 N–H and O–H groups in total. The minimum Gasteiger partial charge on any atom is -0.391 e. The Kier molecular flexibility index (Phi) is 1.68. The summed E-state index contributed by atoms with van der Waals surface area (Å²) in [5.74, 6) is 0. The summed E-state index contributed by atoms with van der Waals surface area (Å²) in [6, 6.07) is 0. The van der Waals surface area contributed by atoms with Crippen molar-refractivity contribution in [1.29, 1.82) is 0 Å². The Balaban J connectivity index is 3.01. The molecule has 0 aromatic carbocycles. The van der Waals surface area contributed by atoms with Gasteiger partial charge in [-0.15, -0.1) is 0 Å². The second-order valence-electron chi connectivity index (χ2n) is 1.72. The van der Waals surface area contributed by atoms with E-state index < -0.39 is 0 Å². The van der Waals surface area contributed by atoms with Gasteiger partial charge in [-0.2, -0.15) is 0 Å². The van der Waals surface area contributed by atoms with Gasteiger partial charge in [0.15, 0.2) is 5.13 Å². The third-order valence-corrected chi connectivity index (χ3v) is 2.02. The average Bonchev–Trinajstić information content (AvgIpc) is 2.10. The fourth-order valence-corrected chi connectivity index (χ4v) is 1.29. The maximum Gasteiger partial charge on any atom is 0.180 e. The molecule has 1 aromatic rings. The first-order chi connectivity index (χ1) is 4.24. The van der Waals surface area contributed by atoms with Crippen LogP contribution in [0.1, 0.15) is 10.6 Å². The third kappa shape index (κ3) is 1.20. The summed E-state index contributed by atoms with van der Waals surface area (Å²) < 4.78 is 0. The first-order valence-corrected chi connectivity index (χ1v) is 3.38. The lowest BCUT2D eigenvalue weighted by Crippen LogP contribution is -1.82. The van der Waals surface area contributed by atoms with Crippen LogP contribution in [-0.4, -0.2) is 10.1 Å². The number of aliphatic hydroxyl groups is 1. The van der Waals surface area contributed by atoms with Gasteiger partial charge in [-0.05, 0) is 6.92 Å². The second kappa shape index (κ2) is 2.33. The molecule has 3 nitrogen and oxygen atoms in total. The van der Waals surface area contributed by atoms with Crippen LogP contribution >= 0.6 is 11.3 Å². The monoisotopic (exact) mass is 144 g/mol. The van der Waals surface area contributed by atoms with Crippen molar-refractivity contribution < 1.29 is 5.11 Å². The van der Waals surface area contributed by atoms with Crippen molar-refractivity contribution >= 4 is 16.5 Å². The molecule has 0 unspecified atom stereocenters. The number of nitrogens with two attached hydrogens (primary N) is 1. The van der Waals surface area contributed by atoms with E-state index in [1.54, 1.807) is 0 Å². The van der Waals surface area contributed by atoms with E-state index in [9.17, 15) is 0 Å². The Morgan fingerprint density at radius 1 is 1.78 bits per heavy atom. The normalized spacial score (nSPS) is 10.0. The van der Waals surface area contributed by atoms with Crippen LogP contribution in [0, 0.1) is 6.92 Å². The van der Waals surface area contributed by atoms with E-state index in [2.05, 4.69) is 4.98 Å². The summed E-state index contributed by atoms with van der Waals surface area (Å²) in [4.78, 5) is 4.77. The predicted octanol–water partition coefficient (Wildman–Crippen LogP) is 0.526. The number of thiazole rings is 1. The fraction of sp³-hybridized carbons (Fsp3) is 0.400. The zero-order valence-corrected chi connectivity index (χ0v) is 5.90. The Bertz CT molecular complexity index is 209. The van der Waals surface area contributed by atoms with Crippen molar-refractivity contribution in [2.75, 3.05) is 5.73 Å². The number of nitrogen functional groups attached to an aromatic ring is 1. The maximum absolute atomic E-state index is 8.65. The van der Waals surface area contributed by atoms with Crippen molar-refractivity contribution in [3.63, 3.8) is 0 Å². The maximum atomic E-state index is 8.65. The Hall–Kier alpha value is -0.610. The molecule has 0 radical (unpaired) electrons. The first-order valence-electron chi connectivity index (χ1n) is 2.56. The molecule has 0 saturated heterocycles. The second-order valence-corrected chi connectivity index (χ2v) is 2.83. The SMILES string of the molecule is Cc1nc(N)sc1CO. The predicted molar refractivity (Wildman–Crippen MR) is 37.2 cm³/mol. The minimum atomic E-state index is 0.0424. The third-order valence-electron chi connectivity index (χ3n) is 1.05. The largest absolute Gasteiger partial charge is 0.391 e. The first kappa shape index (κ1) is 6.51. The van der Waals surface area contributed by atoms with Gasteiger partial charge in [0.1, 0.15) is 0 Å². The summed E-state index contributed by atoms with van der Waals surface area (Å²) in [6.07, 6.45) is 0. The topological polar surface area (TPSA) is 59.1 Å². The minimum absolute atomic E-state index is 0.0424. The van der Waals surface area contributed by atoms with Crippen LogP contribution in [0.2, 0.25) is 0 Å². The van der Waals surface area contributed by atoms with Crippen molar-refractivity contribution in [3.05, 3.63) is 10.6 Å². The van der Waals surface area contributed by atoms with E-state index in [0.717, 1.165) is 10.6 Å². The van der Waals surface area contributed by atoms with Crippen LogP contribution in [0.25, 0.3) is 0 Å². The van der Waals surface area contributed by atoms with Gasteiger partial charge < -0.3 is 10.8 Å². The number of nitrogens with zero attached hydrogens (tertiary/aromatic N) is 1. The van der Waals surface area contributed by atoms with Gasteiger partial charge >= 0.3 is 0 Å². The lowest BCUT2D eigenvalue weighted by Gasteiger charge is -1.84. The number of aliphatic hydroxyl groups excluding tert-OH is 1. The van der Waals surface area contributed by atoms with Crippen molar-refractivity contribution in [2.24, 2.45) is 0 Å².